The number of pyridine rings is 1. The number of esters is 1. The molecule has 0 radical (unpaired) electrons. The molecule has 1 aliphatic rings. The van der Waals surface area contributed by atoms with Gasteiger partial charge in [-0.15, -0.1) is 12.4 Å². The zero-order valence-electron chi connectivity index (χ0n) is 8.40. The zero-order valence-corrected chi connectivity index (χ0v) is 9.21. The second-order valence-electron chi connectivity index (χ2n) is 3.16. The predicted octanol–water partition coefficient (Wildman–Crippen LogP) is 1.40. The van der Waals surface area contributed by atoms with Crippen LogP contribution in [0.4, 0.5) is 5.82 Å². The van der Waals surface area contributed by atoms with E-state index >= 15 is 0 Å². The molecule has 1 aliphatic heterocycles. The molecule has 0 fully saturated rings. The predicted molar refractivity (Wildman–Crippen MR) is 59.2 cm³/mol. The number of fused-ring (bicyclic) bond motifs is 1. The van der Waals surface area contributed by atoms with Gasteiger partial charge < -0.3 is 10.1 Å². The van der Waals surface area contributed by atoms with E-state index in [1.54, 1.807) is 13.1 Å². The highest BCUT2D eigenvalue weighted by atomic mass is 35.5. The molecular formula is C10H13ClN2O2. The lowest BCUT2D eigenvalue weighted by molar-refractivity contribution is -0.143. The maximum Gasteiger partial charge on any atom is 0.328 e. The Morgan fingerprint density at radius 1 is 1.73 bits per heavy atom. The molecule has 0 aliphatic carbocycles. The maximum absolute atomic E-state index is 11.4. The molecule has 82 valence electrons. The fourth-order valence-corrected chi connectivity index (χ4v) is 1.55. The van der Waals surface area contributed by atoms with E-state index in [1.165, 1.54) is 0 Å². The van der Waals surface area contributed by atoms with Crippen LogP contribution in [0.1, 0.15) is 12.5 Å². The van der Waals surface area contributed by atoms with Gasteiger partial charge in [0.2, 0.25) is 0 Å². The van der Waals surface area contributed by atoms with E-state index in [2.05, 4.69) is 10.3 Å². The van der Waals surface area contributed by atoms with Gasteiger partial charge in [-0.1, -0.05) is 6.07 Å². The molecular weight excluding hydrogens is 216 g/mol. The molecule has 2 heterocycles. The third kappa shape index (κ3) is 2.39. The minimum atomic E-state index is -0.264. The van der Waals surface area contributed by atoms with E-state index in [9.17, 15) is 4.79 Å². The van der Waals surface area contributed by atoms with Gasteiger partial charge in [0.25, 0.3) is 0 Å². The summed E-state index contributed by atoms with van der Waals surface area (Å²) in [6.45, 7) is 2.22. The number of anilines is 1. The van der Waals surface area contributed by atoms with Crippen LogP contribution in [0.25, 0.3) is 0 Å². The molecule has 1 aromatic heterocycles. The Morgan fingerprint density at radius 2 is 2.53 bits per heavy atom. The summed E-state index contributed by atoms with van der Waals surface area (Å²) in [5, 5.41) is 3.03. The molecule has 0 amide bonds. The van der Waals surface area contributed by atoms with E-state index in [-0.39, 0.29) is 24.4 Å². The van der Waals surface area contributed by atoms with Gasteiger partial charge in [0.15, 0.2) is 0 Å². The molecule has 1 atom stereocenters. The number of hydrogen-bond donors (Lipinski definition) is 1. The number of halogens is 1. The fraction of sp³-hybridized carbons (Fsp3) is 0.400. The lowest BCUT2D eigenvalue weighted by Gasteiger charge is -2.08. The van der Waals surface area contributed by atoms with Crippen LogP contribution in [-0.2, 0) is 16.0 Å². The maximum atomic E-state index is 11.4. The normalized spacial score (nSPS) is 17.3. The van der Waals surface area contributed by atoms with Crippen molar-refractivity contribution < 1.29 is 9.53 Å². The van der Waals surface area contributed by atoms with Gasteiger partial charge in [-0.25, -0.2) is 9.78 Å². The Bertz CT molecular complexity index is 332. The smallest absolute Gasteiger partial charge is 0.328 e. The number of nitrogens with one attached hydrogen (secondary N) is 1. The monoisotopic (exact) mass is 228 g/mol. The van der Waals surface area contributed by atoms with E-state index < -0.39 is 0 Å². The van der Waals surface area contributed by atoms with E-state index in [1.807, 2.05) is 12.1 Å². The molecule has 4 nitrogen and oxygen atoms in total. The standard InChI is InChI=1S/C10H12N2O2.ClH/c1-2-14-10(13)8-6-7-4-3-5-11-9(7)12-8;/h3-5,8H,2,6H2,1H3,(H,11,12);1H. The number of rotatable bonds is 2. The average Bonchev–Trinajstić information content (AvgIpc) is 2.61. The Balaban J connectivity index is 0.00000112. The van der Waals surface area contributed by atoms with Crippen molar-refractivity contribution in [2.24, 2.45) is 0 Å². The number of ether oxygens (including phenoxy) is 1. The molecule has 5 heteroatoms. The molecule has 1 N–H and O–H groups in total. The lowest BCUT2D eigenvalue weighted by atomic mass is 10.1. The second kappa shape index (κ2) is 4.98. The van der Waals surface area contributed by atoms with Crippen LogP contribution >= 0.6 is 12.4 Å². The number of hydrogen-bond acceptors (Lipinski definition) is 4. The van der Waals surface area contributed by atoms with Crippen molar-refractivity contribution in [2.75, 3.05) is 11.9 Å². The molecule has 1 aromatic rings. The van der Waals surface area contributed by atoms with E-state index in [4.69, 9.17) is 4.74 Å². The highest BCUT2D eigenvalue weighted by Crippen LogP contribution is 2.22. The van der Waals surface area contributed by atoms with Crippen LogP contribution in [0.3, 0.4) is 0 Å². The summed E-state index contributed by atoms with van der Waals surface area (Å²) in [7, 11) is 0. The number of nitrogens with zero attached hydrogens (tertiary/aromatic N) is 1. The van der Waals surface area contributed by atoms with Crippen LogP contribution < -0.4 is 5.32 Å². The first-order valence-corrected chi connectivity index (χ1v) is 4.68. The molecule has 15 heavy (non-hydrogen) atoms. The number of carbonyl (C=O) groups is 1. The first-order chi connectivity index (χ1) is 6.81. The highest BCUT2D eigenvalue weighted by Gasteiger charge is 2.28. The van der Waals surface area contributed by atoms with Crippen molar-refractivity contribution in [1.29, 1.82) is 0 Å². The van der Waals surface area contributed by atoms with Crippen molar-refractivity contribution in [3.8, 4) is 0 Å². The van der Waals surface area contributed by atoms with Gasteiger partial charge >= 0.3 is 5.97 Å². The third-order valence-corrected chi connectivity index (χ3v) is 2.20. The van der Waals surface area contributed by atoms with Gasteiger partial charge in [0, 0.05) is 12.6 Å². The molecule has 0 saturated heterocycles. The van der Waals surface area contributed by atoms with Gasteiger partial charge in [-0.3, -0.25) is 0 Å². The molecule has 1 unspecified atom stereocenters. The van der Waals surface area contributed by atoms with Crippen LogP contribution in [0.15, 0.2) is 18.3 Å². The molecule has 0 spiro atoms. The third-order valence-electron chi connectivity index (χ3n) is 2.20. The largest absolute Gasteiger partial charge is 0.464 e. The zero-order chi connectivity index (χ0) is 9.97. The minimum absolute atomic E-state index is 0. The van der Waals surface area contributed by atoms with Crippen molar-refractivity contribution in [1.82, 2.24) is 4.98 Å². The molecule has 0 saturated carbocycles. The van der Waals surface area contributed by atoms with E-state index in [0.29, 0.717) is 13.0 Å². The van der Waals surface area contributed by atoms with Crippen LogP contribution in [0.2, 0.25) is 0 Å². The minimum Gasteiger partial charge on any atom is -0.464 e. The molecule has 0 bridgehead atoms. The Morgan fingerprint density at radius 3 is 3.20 bits per heavy atom. The molecule has 2 rings (SSSR count). The summed E-state index contributed by atoms with van der Waals surface area (Å²) >= 11 is 0. The molecule has 0 aromatic carbocycles. The quantitative estimate of drug-likeness (QED) is 0.778. The number of carbonyl (C=O) groups excluding carboxylic acids is 1. The highest BCUT2D eigenvalue weighted by molar-refractivity contribution is 5.85. The Labute approximate surface area is 94.4 Å². The average molecular weight is 229 g/mol. The summed E-state index contributed by atoms with van der Waals surface area (Å²) in [5.74, 6) is 0.594. The Hall–Kier alpha value is -1.29. The first-order valence-electron chi connectivity index (χ1n) is 4.68. The first kappa shape index (κ1) is 11.8. The van der Waals surface area contributed by atoms with Gasteiger partial charge in [-0.2, -0.15) is 0 Å². The summed E-state index contributed by atoms with van der Waals surface area (Å²) < 4.78 is 4.93. The summed E-state index contributed by atoms with van der Waals surface area (Å²) in [6, 6.07) is 3.57. The van der Waals surface area contributed by atoms with Gasteiger partial charge in [0.05, 0.1) is 6.61 Å². The summed E-state index contributed by atoms with van der Waals surface area (Å²) in [4.78, 5) is 15.5. The topological polar surface area (TPSA) is 51.2 Å². The van der Waals surface area contributed by atoms with E-state index in [0.717, 1.165) is 11.4 Å². The SMILES string of the molecule is CCOC(=O)C1Cc2cccnc2N1.Cl. The van der Waals surface area contributed by atoms with Crippen LogP contribution in [-0.4, -0.2) is 23.6 Å². The summed E-state index contributed by atoms with van der Waals surface area (Å²) in [6.07, 6.45) is 2.38. The second-order valence-corrected chi connectivity index (χ2v) is 3.16. The van der Waals surface area contributed by atoms with Crippen molar-refractivity contribution in [2.45, 2.75) is 19.4 Å². The Kier molecular flexibility index (Phi) is 3.91. The van der Waals surface area contributed by atoms with Crippen LogP contribution in [0, 0.1) is 0 Å². The number of aromatic nitrogens is 1. The van der Waals surface area contributed by atoms with Gasteiger partial charge in [0.1, 0.15) is 11.9 Å². The van der Waals surface area contributed by atoms with Crippen LogP contribution in [0.5, 0.6) is 0 Å². The van der Waals surface area contributed by atoms with Crippen molar-refractivity contribution in [3.05, 3.63) is 23.9 Å². The lowest BCUT2D eigenvalue weighted by Crippen LogP contribution is -2.29. The fourth-order valence-electron chi connectivity index (χ4n) is 1.55. The summed E-state index contributed by atoms with van der Waals surface area (Å²) in [5.41, 5.74) is 1.07. The van der Waals surface area contributed by atoms with Crippen molar-refractivity contribution >= 4 is 24.2 Å². The van der Waals surface area contributed by atoms with Crippen molar-refractivity contribution in [3.63, 3.8) is 0 Å². The van der Waals surface area contributed by atoms with Gasteiger partial charge in [-0.05, 0) is 18.6 Å².